The number of rotatable bonds is 17. The van der Waals surface area contributed by atoms with E-state index >= 15 is 0 Å². The standard InChI is InChI=1S/C11H13FN2O2.2C11H10FNO.C10H11Br2FO.C10H10BrFO.C10H11FO.C7H5FO.C5H8O2.C4H4Cl2O3/c12-9-3-1-7(2-4-9)10-5-8(6-16-10)11(13)14-15;2*1-13-10-6-11(14-7-10)8-2-4-9(12)5-3-8;11-6-8(12)5-10(14)7-1-3-9(13)4-2-7;11-8-5-10(13-6-8)7-1-3-9(12)4-2-7;1-2-3-10(12)8-4-6-9(11)7-5-8;8-7-3-1-6(5-9)2-4-7;1-3-4-7-5(2)6;5-1-3(7)9-4(8)2-6/h1-4,8,10,15H,5-6H2,(H2,13,14);2*2-5,10-11H,6-7H2;1-4,8,10,14H,5-6H2;1-4,8,10H,5-6H2;2,4-7,10,12H,1,3H2;1-5H;3H,1,4H2,2H3;1-2H2/t8-,10+;10-,11+;10-,11-;2*8?,10-;10-;;;/m001111.../s1. The molecule has 4 heterocycles. The van der Waals surface area contributed by atoms with Gasteiger partial charge < -0.3 is 59.3 Å². The van der Waals surface area contributed by atoms with E-state index in [1.54, 1.807) is 78.9 Å². The second-order valence-corrected chi connectivity index (χ2v) is 27.1. The second kappa shape index (κ2) is 53.6. The molecule has 17 nitrogen and oxygen atoms in total. The van der Waals surface area contributed by atoms with Crippen LogP contribution in [0, 0.1) is 59.8 Å². The number of nitrogens with two attached hydrogens (primary N) is 1. The van der Waals surface area contributed by atoms with Crippen LogP contribution in [0.25, 0.3) is 9.69 Å². The van der Waals surface area contributed by atoms with Gasteiger partial charge in [-0.25, -0.2) is 43.9 Å². The summed E-state index contributed by atoms with van der Waals surface area (Å²) in [4.78, 5) is 47.7. The van der Waals surface area contributed by atoms with E-state index in [0.29, 0.717) is 62.4 Å². The Morgan fingerprint density at radius 3 is 1.21 bits per heavy atom. The number of benzene rings is 7. The maximum atomic E-state index is 12.7. The number of aldehydes is 1. The first kappa shape index (κ1) is 94.0. The molecule has 11 rings (SSSR count). The van der Waals surface area contributed by atoms with Gasteiger partial charge in [-0.15, -0.1) is 29.8 Å². The van der Waals surface area contributed by atoms with E-state index in [2.05, 4.69) is 85.3 Å². The Hall–Kier alpha value is -8.16. The first-order chi connectivity index (χ1) is 51.7. The van der Waals surface area contributed by atoms with Gasteiger partial charge in [0, 0.05) is 33.4 Å². The zero-order valence-corrected chi connectivity index (χ0v) is 64.7. The van der Waals surface area contributed by atoms with Crippen molar-refractivity contribution in [2.75, 3.05) is 50.1 Å². The number of ether oxygens (including phenoxy) is 6. The molecule has 0 radical (unpaired) electrons. The maximum absolute atomic E-state index is 12.7. The van der Waals surface area contributed by atoms with Crippen LogP contribution in [0.4, 0.5) is 30.7 Å². The fourth-order valence-corrected chi connectivity index (χ4v) is 10.8. The number of esters is 3. The van der Waals surface area contributed by atoms with Gasteiger partial charge in [0.15, 0.2) is 0 Å². The van der Waals surface area contributed by atoms with Crippen molar-refractivity contribution in [2.24, 2.45) is 16.8 Å². The van der Waals surface area contributed by atoms with E-state index in [-0.39, 0.29) is 112 Å². The van der Waals surface area contributed by atoms with Crippen LogP contribution in [0.3, 0.4) is 0 Å². The zero-order chi connectivity index (χ0) is 79.9. The van der Waals surface area contributed by atoms with Gasteiger partial charge in [0.25, 0.3) is 0 Å². The summed E-state index contributed by atoms with van der Waals surface area (Å²) in [7, 11) is 0. The third kappa shape index (κ3) is 38.3. The Morgan fingerprint density at radius 2 is 0.917 bits per heavy atom. The number of halogens is 12. The van der Waals surface area contributed by atoms with E-state index in [0.717, 1.165) is 64.6 Å². The van der Waals surface area contributed by atoms with Crippen molar-refractivity contribution in [3.8, 4) is 0 Å². The van der Waals surface area contributed by atoms with Gasteiger partial charge in [-0.05, 0) is 156 Å². The number of oxime groups is 1. The van der Waals surface area contributed by atoms with Crippen LogP contribution in [0.1, 0.15) is 126 Å². The molecule has 108 heavy (non-hydrogen) atoms. The van der Waals surface area contributed by atoms with Crippen molar-refractivity contribution in [3.05, 3.63) is 298 Å². The highest BCUT2D eigenvalue weighted by molar-refractivity contribution is 9.12. The highest BCUT2D eigenvalue weighted by Crippen LogP contribution is 2.35. The lowest BCUT2D eigenvalue weighted by atomic mass is 10.00. The van der Waals surface area contributed by atoms with Gasteiger partial charge in [0.05, 0.1) is 62.7 Å². The monoisotopic (exact) mass is 1730 g/mol. The summed E-state index contributed by atoms with van der Waals surface area (Å²) in [5, 5.41) is 31.5. The summed E-state index contributed by atoms with van der Waals surface area (Å²) in [6.45, 7) is 24.4. The van der Waals surface area contributed by atoms with Crippen molar-refractivity contribution in [1.82, 2.24) is 0 Å². The number of amidine groups is 1. The minimum absolute atomic E-state index is 0.0327. The number of carbonyl (C=O) groups is 4. The molecule has 0 aromatic heterocycles. The highest BCUT2D eigenvalue weighted by Gasteiger charge is 2.32. The Kier molecular flexibility index (Phi) is 46.7. The van der Waals surface area contributed by atoms with E-state index in [4.69, 9.17) is 66.2 Å². The summed E-state index contributed by atoms with van der Waals surface area (Å²) >= 11 is 20.2. The molecule has 0 spiro atoms. The minimum Gasteiger partial charge on any atom is -0.462 e. The molecule has 0 amide bonds. The smallest absolute Gasteiger partial charge is 0.328 e. The fraction of sp³-hybridized carbons (Fsp3) is 0.329. The van der Waals surface area contributed by atoms with Gasteiger partial charge in [-0.1, -0.05) is 144 Å². The molecule has 2 unspecified atom stereocenters. The number of alkyl halides is 5. The van der Waals surface area contributed by atoms with E-state index < -0.39 is 24.1 Å². The summed E-state index contributed by atoms with van der Waals surface area (Å²) in [6.07, 6.45) is 6.84. The molecule has 7 aromatic carbocycles. The topological polar surface area (TPSA) is 231 Å². The lowest BCUT2D eigenvalue weighted by molar-refractivity contribution is -0.156. The predicted molar refractivity (Wildman–Crippen MR) is 409 cm³/mol. The van der Waals surface area contributed by atoms with E-state index in [9.17, 15) is 60.1 Å². The highest BCUT2D eigenvalue weighted by atomic mass is 79.9. The number of carbonyl (C=O) groups excluding carboxylic acids is 4. The third-order valence-corrected chi connectivity index (χ3v) is 18.6. The van der Waals surface area contributed by atoms with E-state index in [1.807, 2.05) is 0 Å². The number of nitrogens with zero attached hydrogens (tertiary/aromatic N) is 3. The quantitative estimate of drug-likeness (QED) is 0.00568. The molecule has 580 valence electrons. The third-order valence-electron chi connectivity index (χ3n) is 15.2. The Morgan fingerprint density at radius 1 is 0.574 bits per heavy atom. The Balaban J connectivity index is 0.000000318. The summed E-state index contributed by atoms with van der Waals surface area (Å²) in [6, 6.07) is 42.3. The number of hydrogen-bond acceptors (Lipinski definition) is 14. The van der Waals surface area contributed by atoms with E-state index in [1.165, 1.54) is 110 Å². The second-order valence-electron chi connectivity index (χ2n) is 23.3. The summed E-state index contributed by atoms with van der Waals surface area (Å²) < 4.78 is 118. The van der Waals surface area contributed by atoms with Crippen LogP contribution in [0.5, 0.6) is 0 Å². The molecule has 0 aliphatic carbocycles. The zero-order valence-electron chi connectivity index (χ0n) is 58.4. The SMILES string of the molecule is C=CCOC(C)=O.C=CC[C@@H](O)c1ccc(F)cc1.Fc1ccc([C@H]2CC(Br)CO2)cc1.N/C(=N\O)[C@@H]1CO[C@@H](c2ccc(F)cc2)C1.O=C(CCl)OC(=O)CCl.O=Cc1ccc(F)cc1.O[C@H](CC(Br)CBr)c1ccc(F)cc1.[C-]#[N+][C@@H]1CO[C@@H](c2ccc(F)cc2)C1.[C-]#[N+][C@H]1CO[C@@H](c2ccc(F)cc2)C1. The van der Waals surface area contributed by atoms with Crippen molar-refractivity contribution in [3.63, 3.8) is 0 Å². The van der Waals surface area contributed by atoms with Crippen molar-refractivity contribution < 1.29 is 93.8 Å². The summed E-state index contributed by atoms with van der Waals surface area (Å²) in [5.41, 5.74) is 11.3. The average molecular weight is 1740 g/mol. The fourth-order valence-electron chi connectivity index (χ4n) is 9.55. The predicted octanol–water partition coefficient (Wildman–Crippen LogP) is 18.6. The van der Waals surface area contributed by atoms with Gasteiger partial charge in [0.2, 0.25) is 12.1 Å². The molecule has 11 atom stereocenters. The minimum atomic E-state index is -0.776. The van der Waals surface area contributed by atoms with Gasteiger partial charge in [-0.3, -0.25) is 19.2 Å². The lowest BCUT2D eigenvalue weighted by Crippen LogP contribution is -2.23. The van der Waals surface area contributed by atoms with Crippen LogP contribution in [-0.2, 0) is 42.8 Å². The average Bonchev–Trinajstić information content (AvgIpc) is 1.73. The first-order valence-electron chi connectivity index (χ1n) is 33.0. The molecule has 7 aromatic rings. The van der Waals surface area contributed by atoms with Crippen molar-refractivity contribution in [1.29, 1.82) is 0 Å². The van der Waals surface area contributed by atoms with Gasteiger partial charge >= 0.3 is 17.9 Å². The first-order valence-corrected chi connectivity index (χ1v) is 37.1. The molecular weight excluding hydrogens is 1660 g/mol. The molecule has 4 aliphatic heterocycles. The number of aliphatic hydroxyl groups is 2. The van der Waals surface area contributed by atoms with Crippen LogP contribution < -0.4 is 5.73 Å². The molecule has 4 fully saturated rings. The molecular formula is C79H82Br3Cl2F7N4O13. The Labute approximate surface area is 658 Å². The van der Waals surface area contributed by atoms with Crippen LogP contribution in [-0.4, -0.2) is 117 Å². The number of hydrogen-bond donors (Lipinski definition) is 4. The van der Waals surface area contributed by atoms with Gasteiger partial charge in [-0.2, -0.15) is 0 Å². The van der Waals surface area contributed by atoms with Crippen molar-refractivity contribution >= 4 is 101 Å². The molecule has 0 saturated carbocycles. The molecule has 4 saturated heterocycles. The van der Waals surface area contributed by atoms with Gasteiger partial charge in [0.1, 0.15) is 84.4 Å². The molecule has 4 aliphatic rings. The largest absolute Gasteiger partial charge is 0.462 e. The maximum Gasteiger partial charge on any atom is 0.328 e. The van der Waals surface area contributed by atoms with Crippen LogP contribution in [0.15, 0.2) is 200 Å². The summed E-state index contributed by atoms with van der Waals surface area (Å²) in [5.74, 6) is -4.20. The Bertz CT molecular complexity index is 3810. The molecule has 29 heteroatoms. The number of aliphatic hydroxyl groups excluding tert-OH is 2. The van der Waals surface area contributed by atoms with Crippen molar-refractivity contribution in [2.45, 2.75) is 104 Å². The molecule has 0 bridgehead atoms. The lowest BCUT2D eigenvalue weighted by Gasteiger charge is -2.13. The molecule has 5 N–H and O–H groups in total. The van der Waals surface area contributed by atoms with Crippen LogP contribution in [0.2, 0.25) is 0 Å². The normalized spacial score (nSPS) is 19.2. The van der Waals surface area contributed by atoms with Crippen LogP contribution >= 0.6 is 71.0 Å².